The first-order chi connectivity index (χ1) is 16.3. The van der Waals surface area contributed by atoms with Gasteiger partial charge in [-0.1, -0.05) is 0 Å². The van der Waals surface area contributed by atoms with Crippen LogP contribution in [0.2, 0.25) is 0 Å². The van der Waals surface area contributed by atoms with Gasteiger partial charge in [-0.15, -0.1) is 23.1 Å². The van der Waals surface area contributed by atoms with Crippen LogP contribution in [0.1, 0.15) is 53.4 Å². The molecule has 0 radical (unpaired) electrons. The number of carbonyl (C=O) groups excluding carboxylic acids is 2. The number of piperidine rings is 1. The van der Waals surface area contributed by atoms with Crippen molar-refractivity contribution in [3.63, 3.8) is 0 Å². The number of sulfonamides is 1. The van der Waals surface area contributed by atoms with Gasteiger partial charge in [0, 0.05) is 28.8 Å². The number of ether oxygens (including phenoxy) is 1. The summed E-state index contributed by atoms with van der Waals surface area (Å²) in [6.45, 7) is 2.63. The molecule has 0 bridgehead atoms. The SMILES string of the molecule is CCOC(=O)c1c(NC(=O)C2CCN(S(=O)(=O)c3ccc(SC)cc3)CC2)sc2c1CCCC2. The van der Waals surface area contributed by atoms with Gasteiger partial charge in [-0.3, -0.25) is 4.79 Å². The lowest BCUT2D eigenvalue weighted by Crippen LogP contribution is -2.41. The van der Waals surface area contributed by atoms with Crippen LogP contribution >= 0.6 is 23.1 Å². The highest BCUT2D eigenvalue weighted by atomic mass is 32.2. The summed E-state index contributed by atoms with van der Waals surface area (Å²) in [5.74, 6) is -0.851. The van der Waals surface area contributed by atoms with E-state index in [-0.39, 0.29) is 42.4 Å². The number of esters is 1. The molecular formula is C24H30N2O5S3. The van der Waals surface area contributed by atoms with Crippen LogP contribution in [0, 0.1) is 5.92 Å². The molecular weight excluding hydrogens is 492 g/mol. The number of benzene rings is 1. The van der Waals surface area contributed by atoms with Gasteiger partial charge >= 0.3 is 5.97 Å². The molecule has 184 valence electrons. The van der Waals surface area contributed by atoms with E-state index in [0.717, 1.165) is 41.0 Å². The fourth-order valence-electron chi connectivity index (χ4n) is 4.54. The summed E-state index contributed by atoms with van der Waals surface area (Å²) in [7, 11) is -3.59. The van der Waals surface area contributed by atoms with Gasteiger partial charge in [-0.25, -0.2) is 13.2 Å². The Morgan fingerprint density at radius 2 is 1.82 bits per heavy atom. The van der Waals surface area contributed by atoms with Crippen molar-refractivity contribution in [2.45, 2.75) is 55.2 Å². The van der Waals surface area contributed by atoms with E-state index >= 15 is 0 Å². The van der Waals surface area contributed by atoms with Crippen LogP contribution in [-0.2, 0) is 32.4 Å². The molecule has 7 nitrogen and oxygen atoms in total. The Labute approximate surface area is 209 Å². The number of carbonyl (C=O) groups is 2. The predicted octanol–water partition coefficient (Wildman–Crippen LogP) is 4.56. The second-order valence-corrected chi connectivity index (χ2v) is 12.4. The van der Waals surface area contributed by atoms with Crippen molar-refractivity contribution >= 4 is 50.0 Å². The van der Waals surface area contributed by atoms with Crippen molar-refractivity contribution in [2.24, 2.45) is 5.92 Å². The molecule has 0 spiro atoms. The Bertz CT molecular complexity index is 1150. The number of fused-ring (bicyclic) bond motifs is 1. The van der Waals surface area contributed by atoms with Crippen LogP contribution in [-0.4, -0.2) is 50.6 Å². The highest BCUT2D eigenvalue weighted by Crippen LogP contribution is 2.39. The Kier molecular flexibility index (Phi) is 8.01. The van der Waals surface area contributed by atoms with Crippen molar-refractivity contribution in [2.75, 3.05) is 31.3 Å². The fourth-order valence-corrected chi connectivity index (χ4v) is 7.70. The normalized spacial score (nSPS) is 17.2. The summed E-state index contributed by atoms with van der Waals surface area (Å²) in [5, 5.41) is 3.55. The Morgan fingerprint density at radius 3 is 2.47 bits per heavy atom. The minimum Gasteiger partial charge on any atom is -0.462 e. The van der Waals surface area contributed by atoms with Gasteiger partial charge < -0.3 is 10.1 Å². The minimum atomic E-state index is -3.59. The number of aryl methyl sites for hydroxylation is 1. The first kappa shape index (κ1) is 25.2. The Hall–Kier alpha value is -1.88. The van der Waals surface area contributed by atoms with Crippen LogP contribution in [0.15, 0.2) is 34.1 Å². The van der Waals surface area contributed by atoms with Crippen molar-refractivity contribution in [1.29, 1.82) is 0 Å². The molecule has 2 aliphatic rings. The van der Waals surface area contributed by atoms with E-state index in [2.05, 4.69) is 5.32 Å². The zero-order valence-corrected chi connectivity index (χ0v) is 21.9. The fraction of sp³-hybridized carbons (Fsp3) is 0.500. The highest BCUT2D eigenvalue weighted by Gasteiger charge is 2.34. The molecule has 1 aromatic carbocycles. The Balaban J connectivity index is 1.43. The molecule has 0 unspecified atom stereocenters. The third kappa shape index (κ3) is 5.19. The van der Waals surface area contributed by atoms with Crippen molar-refractivity contribution in [1.82, 2.24) is 4.31 Å². The van der Waals surface area contributed by atoms with Crippen molar-refractivity contribution in [3.05, 3.63) is 40.3 Å². The van der Waals surface area contributed by atoms with E-state index in [1.165, 1.54) is 15.6 Å². The molecule has 1 fully saturated rings. The van der Waals surface area contributed by atoms with Crippen LogP contribution < -0.4 is 5.32 Å². The average molecular weight is 523 g/mol. The number of thioether (sulfide) groups is 1. The number of nitrogens with one attached hydrogen (secondary N) is 1. The summed E-state index contributed by atoms with van der Waals surface area (Å²) in [5.41, 5.74) is 1.52. The highest BCUT2D eigenvalue weighted by molar-refractivity contribution is 7.98. The first-order valence-corrected chi connectivity index (χ1v) is 15.1. The quantitative estimate of drug-likeness (QED) is 0.423. The van der Waals surface area contributed by atoms with Gasteiger partial charge in [0.05, 0.1) is 17.1 Å². The van der Waals surface area contributed by atoms with Crippen molar-refractivity contribution < 1.29 is 22.7 Å². The molecule has 1 aromatic heterocycles. The topological polar surface area (TPSA) is 92.8 Å². The second kappa shape index (κ2) is 10.8. The lowest BCUT2D eigenvalue weighted by atomic mass is 9.95. The average Bonchev–Trinajstić information content (AvgIpc) is 3.22. The van der Waals surface area contributed by atoms with Crippen molar-refractivity contribution in [3.8, 4) is 0 Å². The van der Waals surface area contributed by atoms with Gasteiger partial charge in [0.15, 0.2) is 0 Å². The molecule has 1 amide bonds. The van der Waals surface area contributed by atoms with Crippen LogP contribution in [0.3, 0.4) is 0 Å². The standard InChI is InChI=1S/C24H30N2O5S3/c1-3-31-24(28)21-19-6-4-5-7-20(19)33-23(21)25-22(27)16-12-14-26(15-13-16)34(29,30)18-10-8-17(32-2)9-11-18/h8-11,16H,3-7,12-15H2,1-2H3,(H,25,27). The molecule has 1 aliphatic heterocycles. The zero-order chi connectivity index (χ0) is 24.3. The third-order valence-corrected chi connectivity index (χ3v) is 10.3. The van der Waals surface area contributed by atoms with E-state index in [1.807, 2.05) is 6.26 Å². The summed E-state index contributed by atoms with van der Waals surface area (Å²) in [4.78, 5) is 28.2. The predicted molar refractivity (Wildman–Crippen MR) is 135 cm³/mol. The number of anilines is 1. The number of amides is 1. The van der Waals surface area contributed by atoms with E-state index in [9.17, 15) is 18.0 Å². The molecule has 4 rings (SSSR count). The maximum atomic E-state index is 13.1. The maximum absolute atomic E-state index is 13.1. The summed E-state index contributed by atoms with van der Waals surface area (Å²) in [6, 6.07) is 6.88. The monoisotopic (exact) mass is 522 g/mol. The lowest BCUT2D eigenvalue weighted by Gasteiger charge is -2.30. The summed E-state index contributed by atoms with van der Waals surface area (Å²) >= 11 is 3.03. The van der Waals surface area contributed by atoms with Crippen LogP contribution in [0.25, 0.3) is 0 Å². The number of hydrogen-bond donors (Lipinski definition) is 1. The van der Waals surface area contributed by atoms with Gasteiger partial charge in [-0.05, 0) is 81.5 Å². The second-order valence-electron chi connectivity index (χ2n) is 8.48. The van der Waals surface area contributed by atoms with Gasteiger partial charge in [0.2, 0.25) is 15.9 Å². The van der Waals surface area contributed by atoms with E-state index in [4.69, 9.17) is 4.74 Å². The number of thiophene rings is 1. The van der Waals surface area contributed by atoms with Gasteiger partial charge in [-0.2, -0.15) is 4.31 Å². The largest absolute Gasteiger partial charge is 0.462 e. The van der Waals surface area contributed by atoms with Crippen LogP contribution in [0.5, 0.6) is 0 Å². The first-order valence-electron chi connectivity index (χ1n) is 11.6. The molecule has 1 saturated heterocycles. The van der Waals surface area contributed by atoms with E-state index in [0.29, 0.717) is 23.4 Å². The minimum absolute atomic E-state index is 0.162. The van der Waals surface area contributed by atoms with Crippen LogP contribution in [0.4, 0.5) is 5.00 Å². The summed E-state index contributed by atoms with van der Waals surface area (Å²) < 4.78 is 32.8. The molecule has 2 aromatic rings. The molecule has 10 heteroatoms. The molecule has 1 aliphatic carbocycles. The Morgan fingerprint density at radius 1 is 1.15 bits per heavy atom. The molecule has 0 saturated carbocycles. The molecule has 0 atom stereocenters. The smallest absolute Gasteiger partial charge is 0.341 e. The van der Waals surface area contributed by atoms with Gasteiger partial charge in [0.1, 0.15) is 5.00 Å². The van der Waals surface area contributed by atoms with E-state index < -0.39 is 10.0 Å². The summed E-state index contributed by atoms with van der Waals surface area (Å²) in [6.07, 6.45) is 6.66. The van der Waals surface area contributed by atoms with E-state index in [1.54, 1.807) is 43.0 Å². The number of hydrogen-bond acceptors (Lipinski definition) is 7. The third-order valence-electron chi connectivity index (χ3n) is 6.41. The molecule has 2 heterocycles. The number of nitrogens with zero attached hydrogens (tertiary/aromatic N) is 1. The zero-order valence-electron chi connectivity index (χ0n) is 19.5. The number of rotatable bonds is 7. The molecule has 34 heavy (non-hydrogen) atoms. The lowest BCUT2D eigenvalue weighted by molar-refractivity contribution is -0.120. The molecule has 1 N–H and O–H groups in total. The maximum Gasteiger partial charge on any atom is 0.341 e. The van der Waals surface area contributed by atoms with Gasteiger partial charge in [0.25, 0.3) is 0 Å².